The highest BCUT2D eigenvalue weighted by Gasteiger charge is 2.22. The highest BCUT2D eigenvalue weighted by Crippen LogP contribution is 2.28. The van der Waals surface area contributed by atoms with Crippen molar-refractivity contribution in [2.24, 2.45) is 5.92 Å². The van der Waals surface area contributed by atoms with Crippen molar-refractivity contribution in [3.05, 3.63) is 16.5 Å². The summed E-state index contributed by atoms with van der Waals surface area (Å²) in [5.74, 6) is 0.347. The Kier molecular flexibility index (Phi) is 5.58. The molecule has 0 aromatic carbocycles. The fraction of sp³-hybridized carbons (Fsp3) is 0.600. The van der Waals surface area contributed by atoms with Gasteiger partial charge in [-0.05, 0) is 49.5 Å². The Labute approximate surface area is 135 Å². The van der Waals surface area contributed by atoms with Crippen LogP contribution in [0.3, 0.4) is 0 Å². The summed E-state index contributed by atoms with van der Waals surface area (Å²) in [6.07, 6.45) is 4.99. The monoisotopic (exact) mass is 326 g/mol. The fourth-order valence-electron chi connectivity index (χ4n) is 2.69. The van der Waals surface area contributed by atoms with E-state index in [9.17, 15) is 4.79 Å². The Balaban J connectivity index is 1.95. The molecule has 21 heavy (non-hydrogen) atoms. The van der Waals surface area contributed by atoms with Gasteiger partial charge in [-0.15, -0.1) is 11.3 Å². The van der Waals surface area contributed by atoms with Gasteiger partial charge < -0.3 is 15.4 Å². The van der Waals surface area contributed by atoms with Crippen LogP contribution in [0.5, 0.6) is 0 Å². The van der Waals surface area contributed by atoms with Crippen molar-refractivity contribution in [1.82, 2.24) is 5.32 Å². The van der Waals surface area contributed by atoms with Crippen molar-refractivity contribution in [2.45, 2.75) is 45.6 Å². The van der Waals surface area contributed by atoms with Gasteiger partial charge in [-0.3, -0.25) is 0 Å². The maximum atomic E-state index is 11.6. The summed E-state index contributed by atoms with van der Waals surface area (Å²) in [6.45, 7) is 4.16. The molecule has 2 atom stereocenters. The lowest BCUT2D eigenvalue weighted by atomic mass is 9.86. The zero-order chi connectivity index (χ0) is 15.4. The first-order chi connectivity index (χ1) is 10.0. The van der Waals surface area contributed by atoms with Crippen molar-refractivity contribution in [1.29, 1.82) is 0 Å². The number of ether oxygens (including phenoxy) is 1. The van der Waals surface area contributed by atoms with Gasteiger partial charge in [-0.2, -0.15) is 0 Å². The van der Waals surface area contributed by atoms with Crippen LogP contribution in [-0.4, -0.2) is 24.2 Å². The Bertz CT molecular complexity index is 528. The normalized spacial score (nSPS) is 21.7. The number of carbonyl (C=O) groups is 1. The zero-order valence-corrected chi connectivity index (χ0v) is 14.3. The van der Waals surface area contributed by atoms with Crippen molar-refractivity contribution in [3.8, 4) is 0 Å². The van der Waals surface area contributed by atoms with Crippen LogP contribution >= 0.6 is 23.6 Å². The first-order valence-corrected chi connectivity index (χ1v) is 8.50. The summed E-state index contributed by atoms with van der Waals surface area (Å²) in [7, 11) is 1.39. The number of rotatable bonds is 3. The van der Waals surface area contributed by atoms with Crippen molar-refractivity contribution in [2.75, 3.05) is 12.4 Å². The molecule has 4 nitrogen and oxygen atoms in total. The molecule has 0 amide bonds. The summed E-state index contributed by atoms with van der Waals surface area (Å²) in [5.41, 5.74) is 0.906. The van der Waals surface area contributed by atoms with Gasteiger partial charge in [0.1, 0.15) is 4.88 Å². The Morgan fingerprint density at radius 1 is 1.43 bits per heavy atom. The van der Waals surface area contributed by atoms with E-state index in [0.717, 1.165) is 10.6 Å². The first-order valence-electron chi connectivity index (χ1n) is 7.27. The molecule has 0 spiro atoms. The second kappa shape index (κ2) is 7.22. The lowest BCUT2D eigenvalue weighted by molar-refractivity contribution is 0.0605. The number of thiophene rings is 1. The van der Waals surface area contributed by atoms with Crippen LogP contribution in [0.2, 0.25) is 0 Å². The van der Waals surface area contributed by atoms with Gasteiger partial charge in [0.15, 0.2) is 5.11 Å². The molecule has 1 aromatic rings. The largest absolute Gasteiger partial charge is 0.465 e. The van der Waals surface area contributed by atoms with E-state index in [4.69, 9.17) is 17.0 Å². The molecular weight excluding hydrogens is 304 g/mol. The second-order valence-corrected chi connectivity index (χ2v) is 7.04. The van der Waals surface area contributed by atoms with E-state index in [0.29, 0.717) is 21.9 Å². The quantitative estimate of drug-likeness (QED) is 0.655. The van der Waals surface area contributed by atoms with E-state index in [1.165, 1.54) is 44.1 Å². The SMILES string of the molecule is COC(=O)c1sc(NC(=S)N[C@H]2CCCC[C@H]2C)cc1C. The number of methoxy groups -OCH3 is 1. The standard InChI is InChI=1S/C15H22N2O2S2/c1-9-6-4-5-7-11(9)16-15(20)17-12-8-10(2)13(21-12)14(18)19-3/h8-9,11H,4-7H2,1-3H3,(H2,16,17,20)/t9-,11+/m1/s1. The fourth-order valence-corrected chi connectivity index (χ4v) is 4.01. The summed E-state index contributed by atoms with van der Waals surface area (Å²) < 4.78 is 4.77. The van der Waals surface area contributed by atoms with Crippen LogP contribution in [0, 0.1) is 12.8 Å². The molecule has 6 heteroatoms. The minimum absolute atomic E-state index is 0.301. The Morgan fingerprint density at radius 2 is 2.14 bits per heavy atom. The minimum Gasteiger partial charge on any atom is -0.465 e. The number of carbonyl (C=O) groups excluding carboxylic acids is 1. The summed E-state index contributed by atoms with van der Waals surface area (Å²) in [5, 5.41) is 8.08. The third kappa shape index (κ3) is 4.17. The number of anilines is 1. The van der Waals surface area contributed by atoms with Gasteiger partial charge in [-0.1, -0.05) is 19.8 Å². The summed E-state index contributed by atoms with van der Waals surface area (Å²) >= 11 is 6.75. The molecule has 0 unspecified atom stereocenters. The molecule has 1 aromatic heterocycles. The van der Waals surface area contributed by atoms with E-state index in [1.54, 1.807) is 0 Å². The maximum absolute atomic E-state index is 11.6. The first kappa shape index (κ1) is 16.2. The number of hydrogen-bond acceptors (Lipinski definition) is 4. The number of esters is 1. The second-order valence-electron chi connectivity index (χ2n) is 5.58. The highest BCUT2D eigenvalue weighted by atomic mass is 32.1. The average molecular weight is 326 g/mol. The van der Waals surface area contributed by atoms with E-state index < -0.39 is 0 Å². The van der Waals surface area contributed by atoms with E-state index >= 15 is 0 Å². The minimum atomic E-state index is -0.301. The molecule has 1 aliphatic rings. The van der Waals surface area contributed by atoms with E-state index in [-0.39, 0.29) is 5.97 Å². The van der Waals surface area contributed by atoms with Crippen LogP contribution < -0.4 is 10.6 Å². The van der Waals surface area contributed by atoms with Gasteiger partial charge in [0.2, 0.25) is 0 Å². The smallest absolute Gasteiger partial charge is 0.348 e. The molecule has 0 bridgehead atoms. The van der Waals surface area contributed by atoms with Gasteiger partial charge in [0.05, 0.1) is 12.1 Å². The Morgan fingerprint density at radius 3 is 2.81 bits per heavy atom. The predicted octanol–water partition coefficient (Wildman–Crippen LogP) is 3.71. The van der Waals surface area contributed by atoms with Gasteiger partial charge in [-0.25, -0.2) is 4.79 Å². The van der Waals surface area contributed by atoms with Crippen molar-refractivity contribution < 1.29 is 9.53 Å². The van der Waals surface area contributed by atoms with Crippen LogP contribution in [0.1, 0.15) is 47.8 Å². The summed E-state index contributed by atoms with van der Waals surface area (Å²) in [4.78, 5) is 12.2. The number of thiocarbonyl (C=S) groups is 1. The molecule has 2 N–H and O–H groups in total. The molecule has 1 heterocycles. The van der Waals surface area contributed by atoms with Crippen molar-refractivity contribution in [3.63, 3.8) is 0 Å². The zero-order valence-electron chi connectivity index (χ0n) is 12.7. The lowest BCUT2D eigenvalue weighted by Crippen LogP contribution is -2.42. The topological polar surface area (TPSA) is 50.4 Å². The average Bonchev–Trinajstić information content (AvgIpc) is 2.81. The summed E-state index contributed by atoms with van der Waals surface area (Å²) in [6, 6.07) is 2.37. The molecular formula is C15H22N2O2S2. The predicted molar refractivity (Wildman–Crippen MR) is 91.2 cm³/mol. The molecule has 1 aliphatic carbocycles. The van der Waals surface area contributed by atoms with E-state index in [2.05, 4.69) is 17.6 Å². The van der Waals surface area contributed by atoms with Crippen LogP contribution in [-0.2, 0) is 4.74 Å². The number of hydrogen-bond donors (Lipinski definition) is 2. The molecule has 1 fully saturated rings. The van der Waals surface area contributed by atoms with Crippen LogP contribution in [0.15, 0.2) is 6.07 Å². The number of aryl methyl sites for hydroxylation is 1. The third-order valence-corrected chi connectivity index (χ3v) is 5.31. The van der Waals surface area contributed by atoms with Gasteiger partial charge in [0.25, 0.3) is 0 Å². The van der Waals surface area contributed by atoms with Crippen LogP contribution in [0.4, 0.5) is 5.00 Å². The highest BCUT2D eigenvalue weighted by molar-refractivity contribution is 7.80. The Hall–Kier alpha value is -1.14. The molecule has 2 rings (SSSR count). The maximum Gasteiger partial charge on any atom is 0.348 e. The van der Waals surface area contributed by atoms with Gasteiger partial charge >= 0.3 is 5.97 Å². The molecule has 0 saturated heterocycles. The number of nitrogens with one attached hydrogen (secondary N) is 2. The third-order valence-electron chi connectivity index (χ3n) is 3.95. The molecule has 116 valence electrons. The molecule has 1 saturated carbocycles. The van der Waals surface area contributed by atoms with Crippen molar-refractivity contribution >= 4 is 39.6 Å². The lowest BCUT2D eigenvalue weighted by Gasteiger charge is -2.30. The molecule has 0 aliphatic heterocycles. The van der Waals surface area contributed by atoms with E-state index in [1.807, 2.05) is 13.0 Å². The van der Waals surface area contributed by atoms with Gasteiger partial charge in [0, 0.05) is 6.04 Å². The van der Waals surface area contributed by atoms with Crippen LogP contribution in [0.25, 0.3) is 0 Å². The molecule has 0 radical (unpaired) electrons.